The molecule has 15 heavy (non-hydrogen) atoms. The van der Waals surface area contributed by atoms with E-state index in [2.05, 4.69) is 11.6 Å². The molecule has 0 saturated carbocycles. The average molecular weight is 251 g/mol. The monoisotopic (exact) mass is 250 g/mol. The first-order valence-corrected chi connectivity index (χ1v) is 5.71. The Morgan fingerprint density at radius 1 is 1.33 bits per heavy atom. The van der Waals surface area contributed by atoms with Crippen LogP contribution in [0.15, 0.2) is 40.6 Å². The lowest BCUT2D eigenvalue weighted by Crippen LogP contribution is -1.99. The van der Waals surface area contributed by atoms with Gasteiger partial charge in [-0.15, -0.1) is 0 Å². The zero-order chi connectivity index (χ0) is 11.5. The van der Waals surface area contributed by atoms with E-state index in [0.29, 0.717) is 11.0 Å². The molecule has 5 heteroatoms. The van der Waals surface area contributed by atoms with Crippen LogP contribution in [0.1, 0.15) is 5.56 Å². The Morgan fingerprint density at radius 3 is 2.33 bits per heavy atom. The van der Waals surface area contributed by atoms with Gasteiger partial charge in [-0.25, -0.2) is 4.21 Å². The minimum Gasteiger partial charge on any atom is -0.250 e. The third-order valence-corrected chi connectivity index (χ3v) is 2.88. The Hall–Kier alpha value is -0.740. The van der Waals surface area contributed by atoms with E-state index in [1.165, 1.54) is 0 Å². The Kier molecular flexibility index (Phi) is 3.99. The molecule has 0 bridgehead atoms. The van der Waals surface area contributed by atoms with Gasteiger partial charge in [0.05, 0.1) is 10.8 Å². The maximum Gasteiger partial charge on any atom is 0.342 e. The van der Waals surface area contributed by atoms with Gasteiger partial charge in [-0.1, -0.05) is 17.7 Å². The van der Waals surface area contributed by atoms with Crippen LogP contribution in [0.3, 0.4) is 0 Å². The normalized spacial score (nSPS) is 14.4. The maximum absolute atomic E-state index is 12.2. The molecule has 0 aliphatic carbocycles. The van der Waals surface area contributed by atoms with E-state index < -0.39 is 16.2 Å². The van der Waals surface area contributed by atoms with Crippen molar-refractivity contribution < 1.29 is 13.0 Å². The number of allylic oxidation sites excluding steroid dienone is 1. The Labute approximate surface area is 94.2 Å². The van der Waals surface area contributed by atoms with Crippen LogP contribution in [-0.2, 0) is 10.8 Å². The quantitative estimate of drug-likeness (QED) is 0.751. The van der Waals surface area contributed by atoms with Crippen molar-refractivity contribution in [1.82, 2.24) is 0 Å². The molecule has 0 spiro atoms. The smallest absolute Gasteiger partial charge is 0.250 e. The van der Waals surface area contributed by atoms with Crippen LogP contribution in [0.5, 0.6) is 0 Å². The molecule has 0 unspecified atom stereocenters. The van der Waals surface area contributed by atoms with Crippen LogP contribution in [0.4, 0.5) is 8.78 Å². The summed E-state index contributed by atoms with van der Waals surface area (Å²) in [5.41, 5.74) is 1.02. The summed E-state index contributed by atoms with van der Waals surface area (Å²) in [5, 5.41) is -2.56. The molecule has 0 aromatic heterocycles. The van der Waals surface area contributed by atoms with E-state index >= 15 is 0 Å². The average Bonchev–Trinajstić information content (AvgIpc) is 2.14. The predicted octanol–water partition coefficient (Wildman–Crippen LogP) is 3.45. The number of aryl methyl sites for hydroxylation is 1. The summed E-state index contributed by atoms with van der Waals surface area (Å²) >= 11 is 4.64. The van der Waals surface area contributed by atoms with E-state index in [1.54, 1.807) is 24.3 Å². The van der Waals surface area contributed by atoms with Crippen molar-refractivity contribution >= 4 is 22.4 Å². The van der Waals surface area contributed by atoms with Gasteiger partial charge in [-0.3, -0.25) is 0 Å². The fourth-order valence-electron chi connectivity index (χ4n) is 0.890. The van der Waals surface area contributed by atoms with E-state index in [1.807, 2.05) is 6.92 Å². The fourth-order valence-corrected chi connectivity index (χ4v) is 1.88. The van der Waals surface area contributed by atoms with Crippen molar-refractivity contribution in [2.24, 2.45) is 0 Å². The minimum absolute atomic E-state index is 0.421. The first kappa shape index (κ1) is 12.3. The molecule has 0 heterocycles. The molecule has 0 N–H and O–H groups in total. The van der Waals surface area contributed by atoms with Gasteiger partial charge < -0.3 is 0 Å². The molecule has 1 nitrogen and oxygen atoms in total. The van der Waals surface area contributed by atoms with Crippen LogP contribution in [0.25, 0.3) is 0 Å². The number of hydrogen-bond acceptors (Lipinski definition) is 1. The molecule has 0 amide bonds. The van der Waals surface area contributed by atoms with Crippen molar-refractivity contribution in [3.05, 3.63) is 41.3 Å². The third-order valence-electron chi connectivity index (χ3n) is 1.63. The topological polar surface area (TPSA) is 17.1 Å². The minimum atomic E-state index is -3.44. The highest BCUT2D eigenvalue weighted by molar-refractivity contribution is 7.88. The summed E-state index contributed by atoms with van der Waals surface area (Å²) in [5.74, 6) is 0. The fraction of sp³-hybridized carbons (Fsp3) is 0.200. The van der Waals surface area contributed by atoms with E-state index in [9.17, 15) is 13.0 Å². The van der Waals surface area contributed by atoms with Crippen molar-refractivity contribution in [3.8, 4) is 0 Å². The Bertz CT molecular complexity index is 381. The molecule has 0 radical (unpaired) electrons. The zero-order valence-corrected chi connectivity index (χ0v) is 9.49. The van der Waals surface area contributed by atoms with Gasteiger partial charge in [-0.2, -0.15) is 8.78 Å². The largest absolute Gasteiger partial charge is 0.342 e. The van der Waals surface area contributed by atoms with Crippen LogP contribution >= 0.6 is 11.6 Å². The van der Waals surface area contributed by atoms with Crippen molar-refractivity contribution in [3.63, 3.8) is 0 Å². The lowest BCUT2D eigenvalue weighted by Gasteiger charge is -2.00. The van der Waals surface area contributed by atoms with Gasteiger partial charge in [0.2, 0.25) is 0 Å². The maximum atomic E-state index is 12.2. The summed E-state index contributed by atoms with van der Waals surface area (Å²) in [6.45, 7) is 1.88. The number of rotatable bonds is 3. The van der Waals surface area contributed by atoms with Crippen molar-refractivity contribution in [2.75, 3.05) is 0 Å². The summed E-state index contributed by atoms with van der Waals surface area (Å²) in [6, 6.07) is 6.78. The Morgan fingerprint density at radius 2 is 1.87 bits per heavy atom. The second-order valence-corrected chi connectivity index (χ2v) is 4.80. The van der Waals surface area contributed by atoms with Gasteiger partial charge in [0.25, 0.3) is 0 Å². The second kappa shape index (κ2) is 4.86. The number of benzene rings is 1. The highest BCUT2D eigenvalue weighted by Crippen LogP contribution is 2.21. The second-order valence-electron chi connectivity index (χ2n) is 2.95. The first-order chi connectivity index (χ1) is 6.88. The molecule has 1 aromatic carbocycles. The number of alkyl halides is 3. The van der Waals surface area contributed by atoms with Crippen molar-refractivity contribution in [1.29, 1.82) is 0 Å². The molecular weight excluding hydrogens is 242 g/mol. The van der Waals surface area contributed by atoms with Crippen LogP contribution in [0, 0.1) is 6.92 Å². The van der Waals surface area contributed by atoms with Gasteiger partial charge in [0.1, 0.15) is 0 Å². The van der Waals surface area contributed by atoms with Crippen molar-refractivity contribution in [2.45, 2.75) is 17.2 Å². The highest BCUT2D eigenvalue weighted by Gasteiger charge is 2.19. The van der Waals surface area contributed by atoms with Gasteiger partial charge in [0.15, 0.2) is 0 Å². The standard InChI is InChI=1S/C10H9ClF2OS/c1-8-2-4-9(5-3-8)15(14)7-6-10(11,12)13/h2-7H,1H3/b7-6+/t15-/m1/s1. The van der Waals surface area contributed by atoms with Crippen LogP contribution < -0.4 is 0 Å². The molecule has 0 aliphatic rings. The molecule has 1 atom stereocenters. The lowest BCUT2D eigenvalue weighted by atomic mass is 10.2. The summed E-state index contributed by atoms with van der Waals surface area (Å²) in [7, 11) is -1.58. The van der Waals surface area contributed by atoms with Crippen LogP contribution in [-0.4, -0.2) is 9.59 Å². The number of halogens is 3. The van der Waals surface area contributed by atoms with E-state index in [4.69, 9.17) is 0 Å². The van der Waals surface area contributed by atoms with E-state index in [0.717, 1.165) is 11.0 Å². The SMILES string of the molecule is Cc1ccc([S@](=O)/C=C/C(F)(F)Cl)cc1. The molecule has 0 saturated heterocycles. The first-order valence-electron chi connectivity index (χ1n) is 4.12. The Balaban J connectivity index is 2.78. The zero-order valence-electron chi connectivity index (χ0n) is 7.91. The third kappa shape index (κ3) is 4.53. The van der Waals surface area contributed by atoms with E-state index in [-0.39, 0.29) is 0 Å². The molecule has 1 aromatic rings. The highest BCUT2D eigenvalue weighted by atomic mass is 35.5. The summed E-state index contributed by atoms with van der Waals surface area (Å²) in [4.78, 5) is 0.470. The summed E-state index contributed by atoms with van der Waals surface area (Å²) in [6.07, 6.45) is 0.421. The molecule has 82 valence electrons. The molecule has 0 aliphatic heterocycles. The molecule has 0 fully saturated rings. The lowest BCUT2D eigenvalue weighted by molar-refractivity contribution is 0.153. The van der Waals surface area contributed by atoms with Gasteiger partial charge >= 0.3 is 5.38 Å². The predicted molar refractivity (Wildman–Crippen MR) is 57.5 cm³/mol. The molecular formula is C10H9ClF2OS. The molecule has 1 rings (SSSR count). The van der Waals surface area contributed by atoms with Crippen LogP contribution in [0.2, 0.25) is 0 Å². The number of hydrogen-bond donors (Lipinski definition) is 0. The van der Waals surface area contributed by atoms with Gasteiger partial charge in [-0.05, 0) is 30.7 Å². The van der Waals surface area contributed by atoms with Gasteiger partial charge in [0, 0.05) is 16.4 Å². The summed E-state index contributed by atoms with van der Waals surface area (Å²) < 4.78 is 35.8.